The van der Waals surface area contributed by atoms with Crippen LogP contribution >= 0.6 is 23.5 Å². The number of hydrogen-bond donors (Lipinski definition) is 2. The zero-order chi connectivity index (χ0) is 19.8. The van der Waals surface area contributed by atoms with Crippen molar-refractivity contribution in [1.82, 2.24) is 5.32 Å². The minimum Gasteiger partial charge on any atom is -0.352 e. The van der Waals surface area contributed by atoms with Crippen molar-refractivity contribution in [3.63, 3.8) is 0 Å². The number of carbonyl (C=O) groups is 2. The average Bonchev–Trinajstić information content (AvgIpc) is 2.71. The molecule has 1 aliphatic heterocycles. The topological polar surface area (TPSA) is 58.2 Å². The van der Waals surface area contributed by atoms with Crippen LogP contribution in [-0.4, -0.2) is 29.9 Å². The van der Waals surface area contributed by atoms with Gasteiger partial charge in [-0.05, 0) is 54.2 Å². The lowest BCUT2D eigenvalue weighted by Crippen LogP contribution is -2.25. The molecule has 0 spiro atoms. The zero-order valence-electron chi connectivity index (χ0n) is 15.9. The highest BCUT2D eigenvalue weighted by Crippen LogP contribution is 2.39. The maximum atomic E-state index is 12.4. The molecule has 3 rings (SSSR count). The Hall–Kier alpha value is -2.18. The largest absolute Gasteiger partial charge is 0.352 e. The normalized spacial score (nSPS) is 14.5. The van der Waals surface area contributed by atoms with Crippen molar-refractivity contribution in [3.8, 4) is 0 Å². The molecule has 0 aliphatic carbocycles. The van der Waals surface area contributed by atoms with Gasteiger partial charge >= 0.3 is 0 Å². The summed E-state index contributed by atoms with van der Waals surface area (Å²) in [7, 11) is 0. The lowest BCUT2D eigenvalue weighted by atomic mass is 10.1. The van der Waals surface area contributed by atoms with E-state index >= 15 is 0 Å². The van der Waals surface area contributed by atoms with E-state index in [4.69, 9.17) is 0 Å². The molecular formula is C22H24N2O2S2. The number of hydrogen-bond acceptors (Lipinski definition) is 4. The Balaban J connectivity index is 1.61. The van der Waals surface area contributed by atoms with Crippen LogP contribution in [0.25, 0.3) is 6.08 Å². The van der Waals surface area contributed by atoms with Crippen molar-refractivity contribution in [2.45, 2.75) is 24.7 Å². The van der Waals surface area contributed by atoms with Gasteiger partial charge in [-0.15, -0.1) is 0 Å². The van der Waals surface area contributed by atoms with Crippen LogP contribution < -0.4 is 10.6 Å². The SMILES string of the molecule is CCCSCCCNC(=O)c1ccc2c(c1)NC(=O)C(=Cc1ccccc1)S2. The van der Waals surface area contributed by atoms with E-state index in [2.05, 4.69) is 17.6 Å². The molecule has 146 valence electrons. The summed E-state index contributed by atoms with van der Waals surface area (Å²) in [5.74, 6) is 1.97. The second-order valence-corrected chi connectivity index (χ2v) is 8.72. The second kappa shape index (κ2) is 10.4. The molecule has 0 aromatic heterocycles. The van der Waals surface area contributed by atoms with E-state index in [9.17, 15) is 9.59 Å². The molecule has 4 nitrogen and oxygen atoms in total. The van der Waals surface area contributed by atoms with Gasteiger partial charge in [-0.3, -0.25) is 9.59 Å². The molecule has 2 aromatic rings. The van der Waals surface area contributed by atoms with Gasteiger partial charge in [0.1, 0.15) is 0 Å². The highest BCUT2D eigenvalue weighted by Gasteiger charge is 2.22. The lowest BCUT2D eigenvalue weighted by Gasteiger charge is -2.19. The third kappa shape index (κ3) is 5.66. The highest BCUT2D eigenvalue weighted by atomic mass is 32.2. The molecule has 0 saturated heterocycles. The molecule has 0 fully saturated rings. The van der Waals surface area contributed by atoms with E-state index in [0.717, 1.165) is 28.4 Å². The molecule has 1 heterocycles. The molecule has 0 saturated carbocycles. The molecule has 1 aliphatic rings. The van der Waals surface area contributed by atoms with Crippen molar-refractivity contribution in [1.29, 1.82) is 0 Å². The predicted molar refractivity (Wildman–Crippen MR) is 120 cm³/mol. The Morgan fingerprint density at radius 3 is 2.79 bits per heavy atom. The Morgan fingerprint density at radius 2 is 2.00 bits per heavy atom. The summed E-state index contributed by atoms with van der Waals surface area (Å²) in [6, 6.07) is 15.2. The van der Waals surface area contributed by atoms with Crippen molar-refractivity contribution in [2.75, 3.05) is 23.4 Å². The number of anilines is 1. The van der Waals surface area contributed by atoms with Gasteiger partial charge in [0, 0.05) is 17.0 Å². The van der Waals surface area contributed by atoms with E-state index in [1.54, 1.807) is 6.07 Å². The van der Waals surface area contributed by atoms with Crippen LogP contribution in [-0.2, 0) is 4.79 Å². The zero-order valence-corrected chi connectivity index (χ0v) is 17.5. The third-order valence-corrected chi connectivity index (χ3v) is 6.50. The van der Waals surface area contributed by atoms with E-state index in [1.165, 1.54) is 18.2 Å². The number of thioether (sulfide) groups is 2. The molecule has 0 unspecified atom stereocenters. The summed E-state index contributed by atoms with van der Waals surface area (Å²) in [6.07, 6.45) is 4.01. The van der Waals surface area contributed by atoms with Crippen LogP contribution in [0.1, 0.15) is 35.7 Å². The van der Waals surface area contributed by atoms with Gasteiger partial charge in [0.05, 0.1) is 10.6 Å². The number of carbonyl (C=O) groups excluding carboxylic acids is 2. The molecule has 6 heteroatoms. The summed E-state index contributed by atoms with van der Waals surface area (Å²) in [5, 5.41) is 5.86. The van der Waals surface area contributed by atoms with Crippen LogP contribution in [0.4, 0.5) is 5.69 Å². The summed E-state index contributed by atoms with van der Waals surface area (Å²) >= 11 is 3.34. The Bertz CT molecular complexity index is 866. The van der Waals surface area contributed by atoms with Crippen LogP contribution in [0.2, 0.25) is 0 Å². The fraction of sp³-hybridized carbons (Fsp3) is 0.273. The molecule has 2 aromatic carbocycles. The summed E-state index contributed by atoms with van der Waals surface area (Å²) in [6.45, 7) is 2.83. The van der Waals surface area contributed by atoms with Gasteiger partial charge in [-0.1, -0.05) is 49.0 Å². The van der Waals surface area contributed by atoms with Gasteiger partial charge < -0.3 is 10.6 Å². The number of benzene rings is 2. The summed E-state index contributed by atoms with van der Waals surface area (Å²) in [4.78, 5) is 26.4. The molecular weight excluding hydrogens is 388 g/mol. The minimum atomic E-state index is -0.146. The first-order valence-electron chi connectivity index (χ1n) is 9.43. The summed E-state index contributed by atoms with van der Waals surface area (Å²) < 4.78 is 0. The fourth-order valence-corrected chi connectivity index (χ4v) is 4.50. The van der Waals surface area contributed by atoms with E-state index in [0.29, 0.717) is 22.7 Å². The molecule has 0 radical (unpaired) electrons. The number of fused-ring (bicyclic) bond motifs is 1. The Morgan fingerprint density at radius 1 is 1.18 bits per heavy atom. The lowest BCUT2D eigenvalue weighted by molar-refractivity contribution is -0.112. The van der Waals surface area contributed by atoms with Crippen molar-refractivity contribution in [3.05, 3.63) is 64.6 Å². The van der Waals surface area contributed by atoms with Gasteiger partial charge in [-0.25, -0.2) is 0 Å². The first-order chi connectivity index (χ1) is 13.7. The van der Waals surface area contributed by atoms with Crippen molar-refractivity contribution in [2.24, 2.45) is 0 Å². The minimum absolute atomic E-state index is 0.104. The van der Waals surface area contributed by atoms with Gasteiger partial charge in [0.2, 0.25) is 0 Å². The number of nitrogens with one attached hydrogen (secondary N) is 2. The molecule has 2 N–H and O–H groups in total. The average molecular weight is 413 g/mol. The van der Waals surface area contributed by atoms with Crippen molar-refractivity contribution < 1.29 is 9.59 Å². The maximum Gasteiger partial charge on any atom is 0.262 e. The van der Waals surface area contributed by atoms with Crippen LogP contribution in [0.3, 0.4) is 0 Å². The maximum absolute atomic E-state index is 12.4. The Kier molecular flexibility index (Phi) is 7.62. The van der Waals surface area contributed by atoms with E-state index < -0.39 is 0 Å². The fourth-order valence-electron chi connectivity index (χ4n) is 2.73. The third-order valence-electron chi connectivity index (χ3n) is 4.13. The van der Waals surface area contributed by atoms with Crippen LogP contribution in [0, 0.1) is 0 Å². The Labute approximate surface area is 174 Å². The molecule has 2 amide bonds. The van der Waals surface area contributed by atoms with Gasteiger partial charge in [0.15, 0.2) is 0 Å². The quantitative estimate of drug-likeness (QED) is 0.471. The van der Waals surface area contributed by atoms with Gasteiger partial charge in [0.25, 0.3) is 11.8 Å². The number of rotatable bonds is 8. The first kappa shape index (κ1) is 20.6. The van der Waals surface area contributed by atoms with Crippen LogP contribution in [0.15, 0.2) is 58.3 Å². The van der Waals surface area contributed by atoms with Crippen molar-refractivity contribution >= 4 is 47.1 Å². The smallest absolute Gasteiger partial charge is 0.262 e. The van der Waals surface area contributed by atoms with E-state index in [1.807, 2.05) is 60.3 Å². The first-order valence-corrected chi connectivity index (χ1v) is 11.4. The predicted octanol–water partition coefficient (Wildman–Crippen LogP) is 5.04. The van der Waals surface area contributed by atoms with E-state index in [-0.39, 0.29) is 11.8 Å². The highest BCUT2D eigenvalue weighted by molar-refractivity contribution is 8.04. The summed E-state index contributed by atoms with van der Waals surface area (Å²) in [5.41, 5.74) is 2.24. The van der Waals surface area contributed by atoms with Crippen LogP contribution in [0.5, 0.6) is 0 Å². The monoisotopic (exact) mass is 412 g/mol. The van der Waals surface area contributed by atoms with Gasteiger partial charge in [-0.2, -0.15) is 11.8 Å². The number of amides is 2. The molecule has 0 atom stereocenters. The molecule has 0 bridgehead atoms. The standard InChI is InChI=1S/C22H24N2O2S2/c1-2-12-27-13-6-11-23-21(25)17-9-10-19-18(15-17)24-22(26)20(28-19)14-16-7-4-3-5-8-16/h3-5,7-10,14-15H,2,6,11-13H2,1H3,(H,23,25)(H,24,26). The second-order valence-electron chi connectivity index (χ2n) is 6.41. The molecule has 28 heavy (non-hydrogen) atoms.